The standard InChI is InChI=1S/C17H29N/c1-3-5-6-7-15-12-14(4-2)8-9-16(15)13-18-17-10-11-17/h1,14-18H,4-13H2,2H3. The molecule has 1 N–H and O–H groups in total. The van der Waals surface area contributed by atoms with Crippen LogP contribution < -0.4 is 5.32 Å². The summed E-state index contributed by atoms with van der Waals surface area (Å²) in [4.78, 5) is 0. The molecule has 0 aliphatic heterocycles. The molecule has 1 nitrogen and oxygen atoms in total. The number of hydrogen-bond donors (Lipinski definition) is 1. The molecule has 0 aromatic heterocycles. The molecule has 0 heterocycles. The molecule has 3 unspecified atom stereocenters. The Hall–Kier alpha value is -0.480. The molecule has 2 rings (SSSR count). The van der Waals surface area contributed by atoms with Crippen molar-refractivity contribution >= 4 is 0 Å². The molecule has 18 heavy (non-hydrogen) atoms. The van der Waals surface area contributed by atoms with Crippen LogP contribution in [0.2, 0.25) is 0 Å². The average Bonchev–Trinajstić information content (AvgIpc) is 3.21. The highest BCUT2D eigenvalue weighted by molar-refractivity contribution is 4.88. The molecule has 0 bridgehead atoms. The summed E-state index contributed by atoms with van der Waals surface area (Å²) < 4.78 is 0. The van der Waals surface area contributed by atoms with Crippen LogP contribution in [0, 0.1) is 30.1 Å². The summed E-state index contributed by atoms with van der Waals surface area (Å²) in [5.74, 6) is 5.63. The Kier molecular flexibility index (Phi) is 5.57. The van der Waals surface area contributed by atoms with E-state index in [2.05, 4.69) is 18.2 Å². The van der Waals surface area contributed by atoms with E-state index in [1.165, 1.54) is 57.9 Å². The van der Waals surface area contributed by atoms with Crippen LogP contribution in [0.3, 0.4) is 0 Å². The van der Waals surface area contributed by atoms with Crippen LogP contribution in [0.4, 0.5) is 0 Å². The monoisotopic (exact) mass is 247 g/mol. The van der Waals surface area contributed by atoms with E-state index < -0.39 is 0 Å². The summed E-state index contributed by atoms with van der Waals surface area (Å²) in [6, 6.07) is 0.861. The van der Waals surface area contributed by atoms with Gasteiger partial charge in [0.15, 0.2) is 0 Å². The van der Waals surface area contributed by atoms with Crippen molar-refractivity contribution in [3.63, 3.8) is 0 Å². The topological polar surface area (TPSA) is 12.0 Å². The first-order valence-corrected chi connectivity index (χ1v) is 8.00. The van der Waals surface area contributed by atoms with Gasteiger partial charge in [0.2, 0.25) is 0 Å². The SMILES string of the molecule is C#CCCCC1CC(CC)CCC1CNC1CC1. The maximum absolute atomic E-state index is 5.38. The van der Waals surface area contributed by atoms with Crippen LogP contribution in [0.5, 0.6) is 0 Å². The van der Waals surface area contributed by atoms with E-state index in [1.54, 1.807) is 0 Å². The van der Waals surface area contributed by atoms with Crippen LogP contribution in [0.25, 0.3) is 0 Å². The van der Waals surface area contributed by atoms with Gasteiger partial charge in [-0.25, -0.2) is 0 Å². The van der Waals surface area contributed by atoms with Gasteiger partial charge in [0, 0.05) is 12.5 Å². The number of hydrogen-bond acceptors (Lipinski definition) is 1. The summed E-state index contributed by atoms with van der Waals surface area (Å²) >= 11 is 0. The van der Waals surface area contributed by atoms with Crippen molar-refractivity contribution in [1.29, 1.82) is 0 Å². The first-order chi connectivity index (χ1) is 8.83. The van der Waals surface area contributed by atoms with Gasteiger partial charge in [-0.1, -0.05) is 19.8 Å². The van der Waals surface area contributed by atoms with Gasteiger partial charge in [0.05, 0.1) is 0 Å². The summed E-state index contributed by atoms with van der Waals surface area (Å²) in [6.07, 6.45) is 17.5. The zero-order valence-corrected chi connectivity index (χ0v) is 12.0. The maximum atomic E-state index is 5.38. The van der Waals surface area contributed by atoms with Crippen LogP contribution in [0.15, 0.2) is 0 Å². The molecule has 102 valence electrons. The number of terminal acetylenes is 1. The molecule has 2 aliphatic rings. The van der Waals surface area contributed by atoms with Gasteiger partial charge < -0.3 is 5.32 Å². The third-order valence-electron chi connectivity index (χ3n) is 4.97. The van der Waals surface area contributed by atoms with Gasteiger partial charge in [-0.3, -0.25) is 0 Å². The fraction of sp³-hybridized carbons (Fsp3) is 0.882. The lowest BCUT2D eigenvalue weighted by Crippen LogP contribution is -2.34. The van der Waals surface area contributed by atoms with Crippen molar-refractivity contribution in [2.45, 2.75) is 70.8 Å². The van der Waals surface area contributed by atoms with Gasteiger partial charge in [0.25, 0.3) is 0 Å². The van der Waals surface area contributed by atoms with Crippen LogP contribution in [-0.2, 0) is 0 Å². The van der Waals surface area contributed by atoms with Crippen molar-refractivity contribution in [1.82, 2.24) is 5.32 Å². The molecule has 3 atom stereocenters. The van der Waals surface area contributed by atoms with Crippen LogP contribution in [0.1, 0.15) is 64.7 Å². The Labute approximate surface area is 113 Å². The largest absolute Gasteiger partial charge is 0.314 e. The third kappa shape index (κ3) is 4.32. The van der Waals surface area contributed by atoms with Crippen LogP contribution >= 0.6 is 0 Å². The molecule has 2 aliphatic carbocycles. The second-order valence-corrected chi connectivity index (χ2v) is 6.39. The predicted octanol–water partition coefficient (Wildman–Crippen LogP) is 3.98. The Morgan fingerprint density at radius 3 is 2.67 bits per heavy atom. The Balaban J connectivity index is 1.77. The number of unbranched alkanes of at least 4 members (excludes halogenated alkanes) is 1. The summed E-state index contributed by atoms with van der Waals surface area (Å²) in [6.45, 7) is 3.62. The highest BCUT2D eigenvalue weighted by atomic mass is 14.9. The summed E-state index contributed by atoms with van der Waals surface area (Å²) in [5, 5.41) is 3.74. The molecule has 0 saturated heterocycles. The van der Waals surface area contributed by atoms with Crippen molar-refractivity contribution in [2.24, 2.45) is 17.8 Å². The highest BCUT2D eigenvalue weighted by Crippen LogP contribution is 2.38. The minimum absolute atomic E-state index is 0.861. The summed E-state index contributed by atoms with van der Waals surface area (Å²) in [7, 11) is 0. The second kappa shape index (κ2) is 7.19. The van der Waals surface area contributed by atoms with E-state index in [0.717, 1.165) is 30.2 Å². The molecular weight excluding hydrogens is 218 g/mol. The average molecular weight is 247 g/mol. The van der Waals surface area contributed by atoms with E-state index in [-0.39, 0.29) is 0 Å². The quantitative estimate of drug-likeness (QED) is 0.530. The molecule has 2 saturated carbocycles. The minimum atomic E-state index is 0.861. The zero-order chi connectivity index (χ0) is 12.8. The Morgan fingerprint density at radius 1 is 1.17 bits per heavy atom. The van der Waals surface area contributed by atoms with Gasteiger partial charge in [-0.15, -0.1) is 12.3 Å². The smallest absolute Gasteiger partial charge is 0.00861 e. The molecule has 0 radical (unpaired) electrons. The van der Waals surface area contributed by atoms with Gasteiger partial charge in [-0.05, 0) is 62.8 Å². The Morgan fingerprint density at radius 2 is 2.00 bits per heavy atom. The lowest BCUT2D eigenvalue weighted by atomic mass is 9.71. The molecule has 0 aromatic rings. The van der Waals surface area contributed by atoms with Gasteiger partial charge >= 0.3 is 0 Å². The molecule has 0 amide bonds. The predicted molar refractivity (Wildman–Crippen MR) is 78.3 cm³/mol. The van der Waals surface area contributed by atoms with Crippen molar-refractivity contribution in [3.8, 4) is 12.3 Å². The zero-order valence-electron chi connectivity index (χ0n) is 12.0. The van der Waals surface area contributed by atoms with Gasteiger partial charge in [0.1, 0.15) is 0 Å². The van der Waals surface area contributed by atoms with E-state index in [1.807, 2.05) is 0 Å². The molecule has 0 spiro atoms. The van der Waals surface area contributed by atoms with E-state index in [0.29, 0.717) is 0 Å². The second-order valence-electron chi connectivity index (χ2n) is 6.39. The molecule has 2 fully saturated rings. The molecular formula is C17H29N. The van der Waals surface area contributed by atoms with E-state index in [9.17, 15) is 0 Å². The van der Waals surface area contributed by atoms with Gasteiger partial charge in [-0.2, -0.15) is 0 Å². The fourth-order valence-electron chi connectivity index (χ4n) is 3.49. The Bertz CT molecular complexity index is 274. The number of nitrogens with one attached hydrogen (secondary N) is 1. The minimum Gasteiger partial charge on any atom is -0.314 e. The lowest BCUT2D eigenvalue weighted by molar-refractivity contribution is 0.161. The van der Waals surface area contributed by atoms with Crippen molar-refractivity contribution in [2.75, 3.05) is 6.54 Å². The first-order valence-electron chi connectivity index (χ1n) is 8.00. The van der Waals surface area contributed by atoms with Crippen LogP contribution in [-0.4, -0.2) is 12.6 Å². The lowest BCUT2D eigenvalue weighted by Gasteiger charge is -2.36. The summed E-state index contributed by atoms with van der Waals surface area (Å²) in [5.41, 5.74) is 0. The van der Waals surface area contributed by atoms with E-state index >= 15 is 0 Å². The maximum Gasteiger partial charge on any atom is 0.00861 e. The van der Waals surface area contributed by atoms with Crippen molar-refractivity contribution < 1.29 is 0 Å². The highest BCUT2D eigenvalue weighted by Gasteiger charge is 2.30. The third-order valence-corrected chi connectivity index (χ3v) is 4.97. The molecule has 0 aromatic carbocycles. The first kappa shape index (κ1) is 13.9. The normalized spacial score (nSPS) is 32.1. The number of rotatable bonds is 7. The molecule has 1 heteroatoms. The van der Waals surface area contributed by atoms with E-state index in [4.69, 9.17) is 6.42 Å². The van der Waals surface area contributed by atoms with Crippen molar-refractivity contribution in [3.05, 3.63) is 0 Å². The fourth-order valence-corrected chi connectivity index (χ4v) is 3.49.